The Labute approximate surface area is 170 Å². The minimum atomic E-state index is -4.42. The van der Waals surface area contributed by atoms with Crippen LogP contribution in [0.15, 0.2) is 42.5 Å². The molecule has 5 heteroatoms. The zero-order valence-corrected chi connectivity index (χ0v) is 17.0. The van der Waals surface area contributed by atoms with Gasteiger partial charge in [0.1, 0.15) is 0 Å². The molecule has 0 unspecified atom stereocenters. The second-order valence-corrected chi connectivity index (χ2v) is 8.96. The van der Waals surface area contributed by atoms with Crippen LogP contribution in [0.3, 0.4) is 0 Å². The average Bonchev–Trinajstić information content (AvgIpc) is 2.66. The Balaban J connectivity index is 1.82. The van der Waals surface area contributed by atoms with Crippen LogP contribution in [0.4, 0.5) is 13.2 Å². The molecule has 2 aromatic rings. The molecule has 0 aliphatic heterocycles. The molecule has 2 N–H and O–H groups in total. The molecule has 1 aliphatic rings. The highest BCUT2D eigenvalue weighted by Crippen LogP contribution is 2.41. The normalized spacial score (nSPS) is 17.3. The number of hydrogen-bond acceptors (Lipinski definition) is 1. The molecule has 0 heterocycles. The summed E-state index contributed by atoms with van der Waals surface area (Å²) in [6, 6.07) is 10.9. The molecule has 1 fully saturated rings. The highest BCUT2D eigenvalue weighted by molar-refractivity contribution is 5.94. The smallest absolute Gasteiger partial charge is 0.366 e. The van der Waals surface area contributed by atoms with Crippen LogP contribution in [0.2, 0.25) is 0 Å². The van der Waals surface area contributed by atoms with E-state index in [1.807, 2.05) is 0 Å². The molecule has 0 saturated heterocycles. The molecule has 0 bridgehead atoms. The second-order valence-electron chi connectivity index (χ2n) is 8.96. The first-order valence-corrected chi connectivity index (χ1v) is 10.2. The van der Waals surface area contributed by atoms with E-state index in [0.717, 1.165) is 32.1 Å². The molecule has 0 spiro atoms. The minimum absolute atomic E-state index is 0.278. The van der Waals surface area contributed by atoms with Crippen LogP contribution in [0, 0.1) is 11.3 Å². The quantitative estimate of drug-likeness (QED) is 0.599. The summed E-state index contributed by atoms with van der Waals surface area (Å²) in [5, 5.41) is 0. The summed E-state index contributed by atoms with van der Waals surface area (Å²) in [5.41, 5.74) is 6.67. The van der Waals surface area contributed by atoms with Gasteiger partial charge in [-0.25, -0.2) is 0 Å². The van der Waals surface area contributed by atoms with E-state index in [1.165, 1.54) is 12.1 Å². The summed E-state index contributed by atoms with van der Waals surface area (Å²) in [6.45, 7) is 4.52. The van der Waals surface area contributed by atoms with E-state index in [2.05, 4.69) is 13.8 Å². The molecule has 1 saturated carbocycles. The van der Waals surface area contributed by atoms with Gasteiger partial charge in [0.25, 0.3) is 0 Å². The third-order valence-corrected chi connectivity index (χ3v) is 6.18. The van der Waals surface area contributed by atoms with Gasteiger partial charge in [0, 0.05) is 5.56 Å². The second kappa shape index (κ2) is 8.21. The lowest BCUT2D eigenvalue weighted by atomic mass is 9.72. The number of carbonyl (C=O) groups is 1. The zero-order chi connectivity index (χ0) is 21.2. The number of halogens is 3. The summed E-state index contributed by atoms with van der Waals surface area (Å²) >= 11 is 0. The Bertz CT molecular complexity index is 876. The third kappa shape index (κ3) is 5.40. The van der Waals surface area contributed by atoms with E-state index >= 15 is 0 Å². The molecule has 2 nitrogen and oxygen atoms in total. The van der Waals surface area contributed by atoms with Gasteiger partial charge >= 0.3 is 6.18 Å². The largest absolute Gasteiger partial charge is 0.416 e. The molecule has 0 aromatic heterocycles. The number of rotatable bonds is 5. The Morgan fingerprint density at radius 3 is 2.34 bits per heavy atom. The Morgan fingerprint density at radius 1 is 1.07 bits per heavy atom. The van der Waals surface area contributed by atoms with Crippen LogP contribution >= 0.6 is 0 Å². The van der Waals surface area contributed by atoms with Gasteiger partial charge in [0.15, 0.2) is 0 Å². The molecule has 3 rings (SSSR count). The SMILES string of the molecule is CC1(C)CCC(CCc2ccc(-c3cccc(C(N)=O)c3)cc2C(F)(F)F)CC1. The molecular weight excluding hydrogens is 375 g/mol. The minimum Gasteiger partial charge on any atom is -0.366 e. The van der Waals surface area contributed by atoms with Gasteiger partial charge in [-0.3, -0.25) is 4.79 Å². The van der Waals surface area contributed by atoms with Gasteiger partial charge in [-0.05, 0) is 84.7 Å². The molecule has 156 valence electrons. The molecule has 0 radical (unpaired) electrons. The number of carbonyl (C=O) groups excluding carboxylic acids is 1. The van der Waals surface area contributed by atoms with Crippen LogP contribution in [0.25, 0.3) is 11.1 Å². The van der Waals surface area contributed by atoms with Crippen LogP contribution in [-0.2, 0) is 12.6 Å². The maximum atomic E-state index is 13.7. The molecule has 2 aromatic carbocycles. The maximum Gasteiger partial charge on any atom is 0.416 e. The molecular formula is C24H28F3NO. The first kappa shape index (κ1) is 21.4. The number of amides is 1. The van der Waals surface area contributed by atoms with E-state index in [4.69, 9.17) is 5.73 Å². The van der Waals surface area contributed by atoms with Crippen molar-refractivity contribution >= 4 is 5.91 Å². The highest BCUT2D eigenvalue weighted by atomic mass is 19.4. The van der Waals surface area contributed by atoms with Crippen LogP contribution in [0.5, 0.6) is 0 Å². The summed E-state index contributed by atoms with van der Waals surface area (Å²) in [5.74, 6) is -0.105. The summed E-state index contributed by atoms with van der Waals surface area (Å²) in [4.78, 5) is 11.4. The van der Waals surface area contributed by atoms with E-state index in [-0.39, 0.29) is 5.56 Å². The summed E-state index contributed by atoms with van der Waals surface area (Å²) < 4.78 is 41.2. The Morgan fingerprint density at radius 2 is 1.72 bits per heavy atom. The number of aryl methyl sites for hydroxylation is 1. The standard InChI is InChI=1S/C24H28F3NO/c1-23(2)12-10-16(11-13-23)6-7-17-8-9-19(15-21(17)24(25,26)27)18-4-3-5-20(14-18)22(28)29/h3-5,8-9,14-16H,6-7,10-13H2,1-2H3,(H2,28,29). The van der Waals surface area contributed by atoms with Crippen molar-refractivity contribution in [1.82, 2.24) is 0 Å². The van der Waals surface area contributed by atoms with E-state index < -0.39 is 17.6 Å². The molecule has 0 atom stereocenters. The van der Waals surface area contributed by atoms with Crippen molar-refractivity contribution in [3.8, 4) is 11.1 Å². The Hall–Kier alpha value is -2.30. The number of hydrogen-bond donors (Lipinski definition) is 1. The number of benzene rings is 2. The third-order valence-electron chi connectivity index (χ3n) is 6.18. The van der Waals surface area contributed by atoms with Gasteiger partial charge < -0.3 is 5.73 Å². The first-order valence-electron chi connectivity index (χ1n) is 10.2. The summed E-state index contributed by atoms with van der Waals surface area (Å²) in [6.07, 6.45) is 1.26. The van der Waals surface area contributed by atoms with Crippen molar-refractivity contribution in [1.29, 1.82) is 0 Å². The van der Waals surface area contributed by atoms with Gasteiger partial charge in [-0.15, -0.1) is 0 Å². The van der Waals surface area contributed by atoms with Crippen molar-refractivity contribution in [2.45, 2.75) is 58.5 Å². The first-order chi connectivity index (χ1) is 13.5. The average molecular weight is 403 g/mol. The fraction of sp³-hybridized carbons (Fsp3) is 0.458. The topological polar surface area (TPSA) is 43.1 Å². The van der Waals surface area contributed by atoms with E-state index in [0.29, 0.717) is 34.4 Å². The highest BCUT2D eigenvalue weighted by Gasteiger charge is 2.34. The lowest BCUT2D eigenvalue weighted by Gasteiger charge is -2.34. The monoisotopic (exact) mass is 403 g/mol. The maximum absolute atomic E-state index is 13.7. The molecule has 29 heavy (non-hydrogen) atoms. The number of alkyl halides is 3. The lowest BCUT2D eigenvalue weighted by Crippen LogP contribution is -2.21. The van der Waals surface area contributed by atoms with E-state index in [1.54, 1.807) is 30.3 Å². The lowest BCUT2D eigenvalue weighted by molar-refractivity contribution is -0.138. The van der Waals surface area contributed by atoms with E-state index in [9.17, 15) is 18.0 Å². The predicted octanol–water partition coefficient (Wildman–Crippen LogP) is 6.62. The van der Waals surface area contributed by atoms with Crippen molar-refractivity contribution < 1.29 is 18.0 Å². The number of nitrogens with two attached hydrogens (primary N) is 1. The van der Waals surface area contributed by atoms with Crippen molar-refractivity contribution in [3.05, 3.63) is 59.2 Å². The molecule has 1 amide bonds. The molecule has 1 aliphatic carbocycles. The summed E-state index contributed by atoms with van der Waals surface area (Å²) in [7, 11) is 0. The fourth-order valence-corrected chi connectivity index (χ4v) is 4.20. The van der Waals surface area contributed by atoms with Gasteiger partial charge in [0.2, 0.25) is 5.91 Å². The predicted molar refractivity (Wildman–Crippen MR) is 109 cm³/mol. The Kier molecular flexibility index (Phi) is 6.06. The van der Waals surface area contributed by atoms with Crippen LogP contribution in [0.1, 0.15) is 67.4 Å². The van der Waals surface area contributed by atoms with Gasteiger partial charge in [0.05, 0.1) is 5.56 Å². The van der Waals surface area contributed by atoms with Crippen LogP contribution in [-0.4, -0.2) is 5.91 Å². The van der Waals surface area contributed by atoms with Crippen LogP contribution < -0.4 is 5.73 Å². The fourth-order valence-electron chi connectivity index (χ4n) is 4.20. The zero-order valence-electron chi connectivity index (χ0n) is 17.0. The van der Waals surface area contributed by atoms with Gasteiger partial charge in [-0.2, -0.15) is 13.2 Å². The van der Waals surface area contributed by atoms with Crippen molar-refractivity contribution in [3.63, 3.8) is 0 Å². The van der Waals surface area contributed by atoms with Crippen molar-refractivity contribution in [2.75, 3.05) is 0 Å². The van der Waals surface area contributed by atoms with Gasteiger partial charge in [-0.1, -0.05) is 38.1 Å². The number of primary amides is 1. The van der Waals surface area contributed by atoms with Crippen molar-refractivity contribution in [2.24, 2.45) is 17.1 Å².